The van der Waals surface area contributed by atoms with E-state index in [4.69, 9.17) is 19.7 Å². The van der Waals surface area contributed by atoms with E-state index in [-0.39, 0.29) is 0 Å². The summed E-state index contributed by atoms with van der Waals surface area (Å²) in [6, 6.07) is 10.1. The van der Waals surface area contributed by atoms with Crippen molar-refractivity contribution in [1.29, 1.82) is 0 Å². The highest BCUT2D eigenvalue weighted by atomic mass is 32.1. The van der Waals surface area contributed by atoms with E-state index >= 15 is 0 Å². The lowest BCUT2D eigenvalue weighted by atomic mass is 10.1. The Morgan fingerprint density at radius 3 is 2.62 bits per heavy atom. The van der Waals surface area contributed by atoms with Gasteiger partial charge in [0.25, 0.3) is 0 Å². The predicted octanol–water partition coefficient (Wildman–Crippen LogP) is 1.82. The molecular weight excluding hydrogens is 490 g/mol. The molecule has 1 N–H and O–H groups in total. The molecule has 0 radical (unpaired) electrons. The van der Waals surface area contributed by atoms with Crippen LogP contribution in [0.4, 0.5) is 5.82 Å². The molecule has 0 bridgehead atoms. The molecule has 0 aliphatic carbocycles. The number of para-hydroxylation sites is 1. The van der Waals surface area contributed by atoms with Crippen molar-refractivity contribution in [3.05, 3.63) is 41.5 Å². The first kappa shape index (κ1) is 24.3. The number of carbonyl (C=O) groups is 1. The van der Waals surface area contributed by atoms with Gasteiger partial charge in [0.15, 0.2) is 11.6 Å². The Bertz CT molecular complexity index is 1400. The van der Waals surface area contributed by atoms with E-state index in [9.17, 15) is 9.90 Å². The van der Waals surface area contributed by atoms with Gasteiger partial charge in [-0.2, -0.15) is 0 Å². The van der Waals surface area contributed by atoms with Crippen molar-refractivity contribution < 1.29 is 14.6 Å². The van der Waals surface area contributed by atoms with Crippen molar-refractivity contribution in [1.82, 2.24) is 29.7 Å². The molecule has 5 heterocycles. The highest BCUT2D eigenvalue weighted by Gasteiger charge is 2.24. The van der Waals surface area contributed by atoms with Gasteiger partial charge in [-0.15, -0.1) is 0 Å². The number of anilines is 1. The second-order valence-electron chi connectivity index (χ2n) is 9.43. The van der Waals surface area contributed by atoms with Crippen molar-refractivity contribution in [2.45, 2.75) is 12.6 Å². The molecule has 37 heavy (non-hydrogen) atoms. The summed E-state index contributed by atoms with van der Waals surface area (Å²) in [5.41, 5.74) is 2.67. The molecule has 192 valence electrons. The summed E-state index contributed by atoms with van der Waals surface area (Å²) in [4.78, 5) is 37.9. The number of piperazine rings is 1. The van der Waals surface area contributed by atoms with E-state index in [0.717, 1.165) is 83.5 Å². The zero-order valence-corrected chi connectivity index (χ0v) is 21.3. The number of hydrogen-bond acceptors (Lipinski definition) is 11. The van der Waals surface area contributed by atoms with Crippen LogP contribution in [-0.4, -0.2) is 106 Å². The van der Waals surface area contributed by atoms with Crippen LogP contribution in [0.3, 0.4) is 0 Å². The summed E-state index contributed by atoms with van der Waals surface area (Å²) >= 11 is 1.61. The summed E-state index contributed by atoms with van der Waals surface area (Å²) in [5, 5.41) is 11.7. The number of carbonyl (C=O) groups excluding carboxylic acids is 1. The molecule has 0 spiro atoms. The Morgan fingerprint density at radius 2 is 1.81 bits per heavy atom. The van der Waals surface area contributed by atoms with E-state index in [0.29, 0.717) is 31.9 Å². The average molecular weight is 520 g/mol. The first-order valence-corrected chi connectivity index (χ1v) is 13.4. The molecular formula is C26H29N7O3S. The molecule has 0 amide bonds. The molecule has 11 heteroatoms. The minimum absolute atomic E-state index is 0.392. The maximum absolute atomic E-state index is 10.8. The molecule has 1 aromatic carbocycles. The molecule has 1 atom stereocenters. The second-order valence-corrected chi connectivity index (χ2v) is 10.5. The van der Waals surface area contributed by atoms with E-state index in [1.54, 1.807) is 11.3 Å². The number of aliphatic hydroxyl groups excluding tert-OH is 1. The summed E-state index contributed by atoms with van der Waals surface area (Å²) < 4.78 is 5.58. The van der Waals surface area contributed by atoms with Crippen LogP contribution >= 0.6 is 11.3 Å². The number of aromatic nitrogens is 4. The normalized spacial score (nSPS) is 18.5. The van der Waals surface area contributed by atoms with Gasteiger partial charge in [-0.05, 0) is 12.1 Å². The van der Waals surface area contributed by atoms with Crippen molar-refractivity contribution in [2.75, 3.05) is 63.9 Å². The van der Waals surface area contributed by atoms with Crippen LogP contribution < -0.4 is 4.90 Å². The first-order valence-electron chi connectivity index (χ1n) is 12.6. The Kier molecular flexibility index (Phi) is 7.03. The van der Waals surface area contributed by atoms with Gasteiger partial charge in [-0.25, -0.2) is 15.0 Å². The minimum atomic E-state index is -0.917. The van der Waals surface area contributed by atoms with Crippen LogP contribution in [0, 0.1) is 0 Å². The standard InChI is InChI=1S/C26H29N7O3S/c34-17-20(35)15-31-5-7-32(8-6-31)16-22-28-23-25(33-9-11-36-12-10-33)29-24(30-26(23)37-22)19-13-18-3-1-2-4-21(18)27-14-19/h1-4,13-14,17,20,35H,5-12,15-16H2/t20-/m0/s1. The third-order valence-electron chi connectivity index (χ3n) is 6.87. The van der Waals surface area contributed by atoms with Gasteiger partial charge in [0, 0.05) is 63.0 Å². The van der Waals surface area contributed by atoms with Crippen molar-refractivity contribution in [2.24, 2.45) is 0 Å². The van der Waals surface area contributed by atoms with Gasteiger partial charge in [-0.1, -0.05) is 29.5 Å². The zero-order chi connectivity index (χ0) is 25.2. The second kappa shape index (κ2) is 10.7. The molecule has 0 saturated carbocycles. The minimum Gasteiger partial charge on any atom is -0.384 e. The number of ether oxygens (including phenoxy) is 1. The van der Waals surface area contributed by atoms with Crippen LogP contribution in [-0.2, 0) is 16.1 Å². The molecule has 3 aromatic heterocycles. The summed E-state index contributed by atoms with van der Waals surface area (Å²) in [7, 11) is 0. The van der Waals surface area contributed by atoms with Gasteiger partial charge in [0.05, 0.1) is 25.3 Å². The number of aldehydes is 1. The van der Waals surface area contributed by atoms with Crippen LogP contribution in [0.25, 0.3) is 32.6 Å². The quantitative estimate of drug-likeness (QED) is 0.363. The number of hydrogen-bond donors (Lipinski definition) is 1. The predicted molar refractivity (Wildman–Crippen MR) is 143 cm³/mol. The van der Waals surface area contributed by atoms with Crippen LogP contribution in [0.1, 0.15) is 5.01 Å². The Balaban J connectivity index is 1.29. The highest BCUT2D eigenvalue weighted by molar-refractivity contribution is 7.18. The summed E-state index contributed by atoms with van der Waals surface area (Å²) in [6.07, 6.45) is 1.53. The lowest BCUT2D eigenvalue weighted by Crippen LogP contribution is -2.48. The van der Waals surface area contributed by atoms with Gasteiger partial charge < -0.3 is 19.5 Å². The number of aliphatic hydroxyl groups is 1. The van der Waals surface area contributed by atoms with Crippen LogP contribution in [0.2, 0.25) is 0 Å². The molecule has 4 aromatic rings. The van der Waals surface area contributed by atoms with Crippen molar-refractivity contribution in [3.63, 3.8) is 0 Å². The largest absolute Gasteiger partial charge is 0.384 e. The summed E-state index contributed by atoms with van der Waals surface area (Å²) in [5.74, 6) is 1.51. The third-order valence-corrected chi connectivity index (χ3v) is 7.80. The van der Waals surface area contributed by atoms with E-state index in [2.05, 4.69) is 31.8 Å². The van der Waals surface area contributed by atoms with E-state index in [1.807, 2.05) is 24.4 Å². The number of morpholine rings is 1. The zero-order valence-electron chi connectivity index (χ0n) is 20.5. The summed E-state index contributed by atoms with van der Waals surface area (Å²) in [6.45, 7) is 7.34. The van der Waals surface area contributed by atoms with Crippen LogP contribution in [0.5, 0.6) is 0 Å². The molecule has 2 saturated heterocycles. The molecule has 10 nitrogen and oxygen atoms in total. The Hall–Kier alpha value is -3.09. The van der Waals surface area contributed by atoms with Gasteiger partial charge >= 0.3 is 0 Å². The fourth-order valence-electron chi connectivity index (χ4n) is 4.87. The average Bonchev–Trinajstić information content (AvgIpc) is 3.36. The Morgan fingerprint density at radius 1 is 1.03 bits per heavy atom. The number of fused-ring (bicyclic) bond motifs is 2. The van der Waals surface area contributed by atoms with Gasteiger partial charge in [0.1, 0.15) is 27.7 Å². The van der Waals surface area contributed by atoms with E-state index in [1.165, 1.54) is 0 Å². The monoisotopic (exact) mass is 519 g/mol. The molecule has 2 fully saturated rings. The SMILES string of the molecule is O=C[C@@H](O)CN1CCN(Cc2nc3c(N4CCOCC4)nc(-c4cnc5ccccc5c4)nc3s2)CC1. The lowest BCUT2D eigenvalue weighted by molar-refractivity contribution is -0.115. The van der Waals surface area contributed by atoms with Gasteiger partial charge in [-0.3, -0.25) is 14.8 Å². The van der Waals surface area contributed by atoms with E-state index < -0.39 is 6.10 Å². The molecule has 2 aliphatic rings. The number of pyridine rings is 1. The van der Waals surface area contributed by atoms with Gasteiger partial charge in [0.2, 0.25) is 0 Å². The number of thiazole rings is 1. The Labute approximate surface area is 218 Å². The topological polar surface area (TPSA) is 108 Å². The van der Waals surface area contributed by atoms with Crippen molar-refractivity contribution in [3.8, 4) is 11.4 Å². The molecule has 0 unspecified atom stereocenters. The number of benzene rings is 1. The third kappa shape index (κ3) is 5.32. The maximum Gasteiger partial charge on any atom is 0.164 e. The number of β-amino-alcohol motifs (C(OH)–C–C–N with tert-alkyl or cyclic N) is 1. The van der Waals surface area contributed by atoms with Crippen molar-refractivity contribution >= 4 is 44.7 Å². The lowest BCUT2D eigenvalue weighted by Gasteiger charge is -2.34. The highest BCUT2D eigenvalue weighted by Crippen LogP contribution is 2.32. The maximum atomic E-state index is 10.8. The fourth-order valence-corrected chi connectivity index (χ4v) is 5.84. The number of nitrogens with zero attached hydrogens (tertiary/aromatic N) is 7. The molecule has 2 aliphatic heterocycles. The van der Waals surface area contributed by atoms with Crippen LogP contribution in [0.15, 0.2) is 36.5 Å². The molecule has 6 rings (SSSR count). The fraction of sp³-hybridized carbons (Fsp3) is 0.423. The first-order chi connectivity index (χ1) is 18.2. The number of rotatable bonds is 7. The smallest absolute Gasteiger partial charge is 0.164 e.